The van der Waals surface area contributed by atoms with E-state index in [1.807, 2.05) is 13.8 Å². The molecule has 0 atom stereocenters. The fourth-order valence-corrected chi connectivity index (χ4v) is 0.807. The van der Waals surface area contributed by atoms with Gasteiger partial charge in [0.15, 0.2) is 6.29 Å². The maximum atomic E-state index is 5.26. The van der Waals surface area contributed by atoms with Crippen LogP contribution in [0.2, 0.25) is 0 Å². The Bertz CT molecular complexity index is 113. The van der Waals surface area contributed by atoms with Crippen molar-refractivity contribution in [3.63, 3.8) is 0 Å². The second-order valence-corrected chi connectivity index (χ2v) is 2.11. The van der Waals surface area contributed by atoms with Crippen LogP contribution in [0, 0.1) is 0 Å². The van der Waals surface area contributed by atoms with Gasteiger partial charge >= 0.3 is 0 Å². The smallest absolute Gasteiger partial charge is 0.159 e. The molecule has 5 nitrogen and oxygen atoms in total. The Balaban J connectivity index is 3.47. The van der Waals surface area contributed by atoms with Crippen molar-refractivity contribution in [1.82, 2.24) is 0 Å². The summed E-state index contributed by atoms with van der Waals surface area (Å²) in [5.41, 5.74) is 0. The maximum absolute atomic E-state index is 5.26. The second kappa shape index (κ2) is 8.42. The van der Waals surface area contributed by atoms with Gasteiger partial charge in [-0.15, -0.1) is 0 Å². The van der Waals surface area contributed by atoms with E-state index in [9.17, 15) is 0 Å². The lowest BCUT2D eigenvalue weighted by molar-refractivity contribution is -0.137. The zero-order chi connectivity index (χ0) is 9.23. The molecular formula is C7H17N3O2. The summed E-state index contributed by atoms with van der Waals surface area (Å²) in [5.74, 6) is 4.84. The van der Waals surface area contributed by atoms with Crippen LogP contribution in [0.15, 0.2) is 10.3 Å². The van der Waals surface area contributed by atoms with Crippen molar-refractivity contribution in [3.05, 3.63) is 0 Å². The molecule has 12 heavy (non-hydrogen) atoms. The lowest BCUT2D eigenvalue weighted by atomic mass is 10.4. The van der Waals surface area contributed by atoms with Crippen LogP contribution in [-0.4, -0.2) is 26.0 Å². The largest absolute Gasteiger partial charge is 0.353 e. The molecule has 0 aromatic rings. The molecule has 0 amide bonds. The van der Waals surface area contributed by atoms with Gasteiger partial charge in [0.2, 0.25) is 0 Å². The van der Waals surface area contributed by atoms with Crippen LogP contribution in [0.4, 0.5) is 0 Å². The van der Waals surface area contributed by atoms with Gasteiger partial charge in [0, 0.05) is 19.6 Å². The molecule has 0 bridgehead atoms. The maximum Gasteiger partial charge on any atom is 0.159 e. The van der Waals surface area contributed by atoms with E-state index in [1.54, 1.807) is 0 Å². The van der Waals surface area contributed by atoms with Gasteiger partial charge in [-0.2, -0.15) is 5.11 Å². The van der Waals surface area contributed by atoms with Crippen molar-refractivity contribution >= 4 is 0 Å². The Morgan fingerprint density at radius 3 is 2.25 bits per heavy atom. The van der Waals surface area contributed by atoms with E-state index in [2.05, 4.69) is 10.3 Å². The van der Waals surface area contributed by atoms with Gasteiger partial charge in [0.25, 0.3) is 0 Å². The highest BCUT2D eigenvalue weighted by atomic mass is 16.7. The third kappa shape index (κ3) is 6.06. The Morgan fingerprint density at radius 1 is 1.25 bits per heavy atom. The third-order valence-corrected chi connectivity index (χ3v) is 1.25. The molecule has 5 heteroatoms. The SMILES string of the molecule is CCOC(CCN=NN)OCC. The van der Waals surface area contributed by atoms with Gasteiger partial charge in [-0.05, 0) is 13.8 Å². The summed E-state index contributed by atoms with van der Waals surface area (Å²) >= 11 is 0. The quantitative estimate of drug-likeness (QED) is 0.272. The minimum atomic E-state index is -0.175. The summed E-state index contributed by atoms with van der Waals surface area (Å²) < 4.78 is 10.5. The zero-order valence-corrected chi connectivity index (χ0v) is 7.69. The first-order chi connectivity index (χ1) is 5.85. The van der Waals surface area contributed by atoms with Crippen molar-refractivity contribution < 1.29 is 9.47 Å². The lowest BCUT2D eigenvalue weighted by Crippen LogP contribution is -2.18. The van der Waals surface area contributed by atoms with E-state index in [-0.39, 0.29) is 6.29 Å². The minimum absolute atomic E-state index is 0.175. The first-order valence-corrected chi connectivity index (χ1v) is 4.15. The molecule has 0 spiro atoms. The van der Waals surface area contributed by atoms with Gasteiger partial charge in [-0.1, -0.05) is 5.22 Å². The molecular weight excluding hydrogens is 158 g/mol. The molecule has 0 saturated carbocycles. The average Bonchev–Trinajstić information content (AvgIpc) is 2.06. The fourth-order valence-electron chi connectivity index (χ4n) is 0.807. The van der Waals surface area contributed by atoms with E-state index in [4.69, 9.17) is 15.3 Å². The topological polar surface area (TPSA) is 69.2 Å². The first kappa shape index (κ1) is 11.3. The second-order valence-electron chi connectivity index (χ2n) is 2.11. The van der Waals surface area contributed by atoms with Crippen LogP contribution in [0.25, 0.3) is 0 Å². The number of ether oxygens (including phenoxy) is 2. The predicted molar refractivity (Wildman–Crippen MR) is 45.6 cm³/mol. The van der Waals surface area contributed by atoms with Gasteiger partial charge in [0.05, 0.1) is 6.54 Å². The molecule has 0 rings (SSSR count). The van der Waals surface area contributed by atoms with E-state index < -0.39 is 0 Å². The molecule has 0 aromatic carbocycles. The molecule has 0 radical (unpaired) electrons. The van der Waals surface area contributed by atoms with Crippen molar-refractivity contribution in [2.45, 2.75) is 26.6 Å². The Morgan fingerprint density at radius 2 is 1.83 bits per heavy atom. The summed E-state index contributed by atoms with van der Waals surface area (Å²) in [5, 5.41) is 6.76. The summed E-state index contributed by atoms with van der Waals surface area (Å²) in [6.45, 7) is 5.68. The Kier molecular flexibility index (Phi) is 7.94. The highest BCUT2D eigenvalue weighted by Crippen LogP contribution is 2.00. The third-order valence-electron chi connectivity index (χ3n) is 1.25. The summed E-state index contributed by atoms with van der Waals surface area (Å²) in [4.78, 5) is 0. The molecule has 0 heterocycles. The van der Waals surface area contributed by atoms with Gasteiger partial charge < -0.3 is 15.3 Å². The number of rotatable bonds is 7. The van der Waals surface area contributed by atoms with Crippen LogP contribution in [0.1, 0.15) is 20.3 Å². The fraction of sp³-hybridized carbons (Fsp3) is 1.00. The van der Waals surface area contributed by atoms with Crippen LogP contribution in [0.5, 0.6) is 0 Å². The summed E-state index contributed by atoms with van der Waals surface area (Å²) in [6.07, 6.45) is 0.521. The van der Waals surface area contributed by atoms with E-state index in [0.29, 0.717) is 26.2 Å². The lowest BCUT2D eigenvalue weighted by Gasteiger charge is -2.14. The van der Waals surface area contributed by atoms with E-state index in [0.717, 1.165) is 0 Å². The number of hydrogen-bond acceptors (Lipinski definition) is 4. The van der Waals surface area contributed by atoms with Crippen molar-refractivity contribution in [1.29, 1.82) is 0 Å². The Labute approximate surface area is 72.9 Å². The number of nitrogens with zero attached hydrogens (tertiary/aromatic N) is 2. The molecule has 0 aliphatic rings. The van der Waals surface area contributed by atoms with Crippen molar-refractivity contribution in [3.8, 4) is 0 Å². The van der Waals surface area contributed by atoms with Gasteiger partial charge in [-0.25, -0.2) is 0 Å². The summed E-state index contributed by atoms with van der Waals surface area (Å²) in [6, 6.07) is 0. The van der Waals surface area contributed by atoms with Gasteiger partial charge in [0.1, 0.15) is 0 Å². The highest BCUT2D eigenvalue weighted by Gasteiger charge is 2.05. The molecule has 0 fully saturated rings. The average molecular weight is 175 g/mol. The number of hydrogen-bond donors (Lipinski definition) is 1. The first-order valence-electron chi connectivity index (χ1n) is 4.15. The molecule has 0 aliphatic carbocycles. The summed E-state index contributed by atoms with van der Waals surface area (Å²) in [7, 11) is 0. The monoisotopic (exact) mass is 175 g/mol. The van der Waals surface area contributed by atoms with Crippen molar-refractivity contribution in [2.75, 3.05) is 19.8 Å². The highest BCUT2D eigenvalue weighted by molar-refractivity contribution is 4.46. The zero-order valence-electron chi connectivity index (χ0n) is 7.69. The van der Waals surface area contributed by atoms with Crippen molar-refractivity contribution in [2.24, 2.45) is 16.2 Å². The van der Waals surface area contributed by atoms with Crippen LogP contribution in [0.3, 0.4) is 0 Å². The number of nitrogens with two attached hydrogens (primary N) is 1. The molecule has 0 unspecified atom stereocenters. The molecule has 72 valence electrons. The predicted octanol–water partition coefficient (Wildman–Crippen LogP) is 1.10. The molecule has 0 aliphatic heterocycles. The van der Waals surface area contributed by atoms with E-state index >= 15 is 0 Å². The molecule has 2 N–H and O–H groups in total. The standard InChI is InChI=1S/C7H17N3O2/c1-3-11-7(12-4-2)5-6-9-10-8/h7H,3-6H2,1-2H3,(H2,8,9). The Hall–Kier alpha value is -0.680. The van der Waals surface area contributed by atoms with E-state index in [1.165, 1.54) is 0 Å². The molecule has 0 saturated heterocycles. The molecule has 0 aromatic heterocycles. The van der Waals surface area contributed by atoms with Crippen LogP contribution >= 0.6 is 0 Å². The van der Waals surface area contributed by atoms with Crippen LogP contribution < -0.4 is 5.84 Å². The normalized spacial score (nSPS) is 11.6. The van der Waals surface area contributed by atoms with Gasteiger partial charge in [-0.3, -0.25) is 0 Å². The van der Waals surface area contributed by atoms with Crippen LogP contribution in [-0.2, 0) is 9.47 Å². The minimum Gasteiger partial charge on any atom is -0.353 e.